The summed E-state index contributed by atoms with van der Waals surface area (Å²) in [7, 11) is 0. The lowest BCUT2D eigenvalue weighted by Crippen LogP contribution is -2.47. The summed E-state index contributed by atoms with van der Waals surface area (Å²) in [5, 5.41) is 0. The van der Waals surface area contributed by atoms with Gasteiger partial charge in [-0.1, -0.05) is 0 Å². The second-order valence-electron chi connectivity index (χ2n) is 4.73. The molecule has 2 heterocycles. The van der Waals surface area contributed by atoms with Crippen molar-refractivity contribution in [3.63, 3.8) is 0 Å². The molecule has 0 saturated carbocycles. The molecule has 0 atom stereocenters. The highest BCUT2D eigenvalue weighted by atomic mass is 19.1. The zero-order valence-electron chi connectivity index (χ0n) is 11.0. The summed E-state index contributed by atoms with van der Waals surface area (Å²) in [5.74, 6) is 0.381. The van der Waals surface area contributed by atoms with Crippen molar-refractivity contribution >= 4 is 17.3 Å². The van der Waals surface area contributed by atoms with Crippen molar-refractivity contribution in [1.29, 1.82) is 0 Å². The number of hydrogen-bond donors (Lipinski definition) is 1. The highest BCUT2D eigenvalue weighted by Gasteiger charge is 2.19. The molecule has 0 amide bonds. The molecule has 1 aromatic carbocycles. The van der Waals surface area contributed by atoms with E-state index in [1.54, 1.807) is 24.5 Å². The van der Waals surface area contributed by atoms with Crippen molar-refractivity contribution in [3.8, 4) is 0 Å². The Morgan fingerprint density at radius 2 is 1.65 bits per heavy atom. The fourth-order valence-electron chi connectivity index (χ4n) is 2.33. The van der Waals surface area contributed by atoms with E-state index in [0.717, 1.165) is 37.8 Å². The average Bonchev–Trinajstić information content (AvgIpc) is 2.51. The first-order chi connectivity index (χ1) is 9.74. The quantitative estimate of drug-likeness (QED) is 0.841. The first-order valence-corrected chi connectivity index (χ1v) is 6.56. The molecule has 0 aliphatic carbocycles. The summed E-state index contributed by atoms with van der Waals surface area (Å²) in [6.45, 7) is 3.25. The van der Waals surface area contributed by atoms with Gasteiger partial charge in [-0.2, -0.15) is 0 Å². The predicted octanol–water partition coefficient (Wildman–Crippen LogP) is 1.52. The number of anilines is 3. The van der Waals surface area contributed by atoms with Crippen LogP contribution in [0.4, 0.5) is 21.7 Å². The van der Waals surface area contributed by atoms with Crippen LogP contribution in [0.25, 0.3) is 0 Å². The Balaban J connectivity index is 1.68. The average molecular weight is 273 g/mol. The Labute approximate surface area is 116 Å². The van der Waals surface area contributed by atoms with Crippen LogP contribution in [0.1, 0.15) is 0 Å². The van der Waals surface area contributed by atoms with Gasteiger partial charge in [0.1, 0.15) is 5.82 Å². The van der Waals surface area contributed by atoms with Crippen molar-refractivity contribution < 1.29 is 4.39 Å². The molecule has 2 aromatic rings. The van der Waals surface area contributed by atoms with Gasteiger partial charge in [-0.05, 0) is 24.3 Å². The highest BCUT2D eigenvalue weighted by Crippen LogP contribution is 2.22. The lowest BCUT2D eigenvalue weighted by atomic mass is 10.2. The minimum atomic E-state index is -0.365. The molecule has 0 spiro atoms. The summed E-state index contributed by atoms with van der Waals surface area (Å²) in [6, 6.07) is 6.76. The molecule has 20 heavy (non-hydrogen) atoms. The van der Waals surface area contributed by atoms with Crippen LogP contribution in [0.3, 0.4) is 0 Å². The van der Waals surface area contributed by atoms with E-state index >= 15 is 0 Å². The molecule has 1 aliphatic heterocycles. The maximum absolute atomic E-state index is 13.5. The fourth-order valence-corrected chi connectivity index (χ4v) is 2.33. The molecule has 3 rings (SSSR count). The zero-order chi connectivity index (χ0) is 13.9. The Kier molecular flexibility index (Phi) is 3.37. The fraction of sp³-hybridized carbons (Fsp3) is 0.286. The molecular formula is C14H16FN5. The van der Waals surface area contributed by atoms with E-state index in [-0.39, 0.29) is 11.5 Å². The monoisotopic (exact) mass is 273 g/mol. The number of benzene rings is 1. The van der Waals surface area contributed by atoms with Crippen LogP contribution in [0.5, 0.6) is 0 Å². The third-order valence-corrected chi connectivity index (χ3v) is 3.46. The maximum atomic E-state index is 13.5. The summed E-state index contributed by atoms with van der Waals surface area (Å²) in [4.78, 5) is 12.8. The molecule has 0 bridgehead atoms. The third-order valence-electron chi connectivity index (χ3n) is 3.46. The van der Waals surface area contributed by atoms with Crippen molar-refractivity contribution in [2.75, 3.05) is 41.7 Å². The van der Waals surface area contributed by atoms with Gasteiger partial charge < -0.3 is 15.5 Å². The van der Waals surface area contributed by atoms with E-state index in [4.69, 9.17) is 5.73 Å². The SMILES string of the molecule is Nc1ccc(N2CCN(c3ncccn3)CC2)cc1F. The van der Waals surface area contributed by atoms with E-state index < -0.39 is 0 Å². The number of nitrogens with two attached hydrogens (primary N) is 1. The van der Waals surface area contributed by atoms with Crippen molar-refractivity contribution in [2.45, 2.75) is 0 Å². The Bertz CT molecular complexity index is 581. The number of hydrogen-bond acceptors (Lipinski definition) is 5. The lowest BCUT2D eigenvalue weighted by molar-refractivity contribution is 0.621. The van der Waals surface area contributed by atoms with Gasteiger partial charge >= 0.3 is 0 Å². The van der Waals surface area contributed by atoms with Crippen LogP contribution in [-0.4, -0.2) is 36.1 Å². The molecule has 1 saturated heterocycles. The Morgan fingerprint density at radius 3 is 2.30 bits per heavy atom. The van der Waals surface area contributed by atoms with E-state index in [9.17, 15) is 4.39 Å². The van der Waals surface area contributed by atoms with Gasteiger partial charge in [0, 0.05) is 44.3 Å². The van der Waals surface area contributed by atoms with Gasteiger partial charge in [-0.25, -0.2) is 14.4 Å². The van der Waals surface area contributed by atoms with Crippen LogP contribution in [0, 0.1) is 5.82 Å². The first kappa shape index (κ1) is 12.7. The zero-order valence-corrected chi connectivity index (χ0v) is 11.0. The summed E-state index contributed by atoms with van der Waals surface area (Å²) in [5.41, 5.74) is 6.55. The first-order valence-electron chi connectivity index (χ1n) is 6.56. The summed E-state index contributed by atoms with van der Waals surface area (Å²) < 4.78 is 13.5. The molecule has 0 radical (unpaired) electrons. The van der Waals surface area contributed by atoms with Crippen molar-refractivity contribution in [2.24, 2.45) is 0 Å². The Morgan fingerprint density at radius 1 is 1.00 bits per heavy atom. The van der Waals surface area contributed by atoms with Crippen molar-refractivity contribution in [3.05, 3.63) is 42.5 Å². The largest absolute Gasteiger partial charge is 0.396 e. The van der Waals surface area contributed by atoms with Crippen LogP contribution in [0.2, 0.25) is 0 Å². The van der Waals surface area contributed by atoms with E-state index in [1.807, 2.05) is 6.07 Å². The normalized spacial score (nSPS) is 15.4. The predicted molar refractivity (Wildman–Crippen MR) is 77.3 cm³/mol. The Hall–Kier alpha value is -2.37. The van der Waals surface area contributed by atoms with Crippen LogP contribution < -0.4 is 15.5 Å². The topological polar surface area (TPSA) is 58.3 Å². The molecule has 1 aliphatic rings. The molecular weight excluding hydrogens is 257 g/mol. The molecule has 5 nitrogen and oxygen atoms in total. The standard InChI is InChI=1S/C14H16FN5/c15-12-10-11(2-3-13(12)16)19-6-8-20(9-7-19)14-17-4-1-5-18-14/h1-5,10H,6-9,16H2. The third kappa shape index (κ3) is 2.49. The molecule has 104 valence electrons. The lowest BCUT2D eigenvalue weighted by Gasteiger charge is -2.36. The molecule has 6 heteroatoms. The van der Waals surface area contributed by atoms with Gasteiger partial charge in [-0.3, -0.25) is 0 Å². The molecule has 1 fully saturated rings. The summed E-state index contributed by atoms with van der Waals surface area (Å²) >= 11 is 0. The molecule has 0 unspecified atom stereocenters. The number of halogens is 1. The highest BCUT2D eigenvalue weighted by molar-refractivity contribution is 5.55. The van der Waals surface area contributed by atoms with Crippen LogP contribution >= 0.6 is 0 Å². The van der Waals surface area contributed by atoms with Gasteiger partial charge in [-0.15, -0.1) is 0 Å². The van der Waals surface area contributed by atoms with E-state index in [0.29, 0.717) is 0 Å². The van der Waals surface area contributed by atoms with Gasteiger partial charge in [0.05, 0.1) is 5.69 Å². The second kappa shape index (κ2) is 5.32. The van der Waals surface area contributed by atoms with Crippen LogP contribution in [0.15, 0.2) is 36.7 Å². The maximum Gasteiger partial charge on any atom is 0.225 e. The van der Waals surface area contributed by atoms with Crippen molar-refractivity contribution in [1.82, 2.24) is 9.97 Å². The van der Waals surface area contributed by atoms with E-state index in [1.165, 1.54) is 6.07 Å². The molecule has 1 aromatic heterocycles. The minimum Gasteiger partial charge on any atom is -0.396 e. The van der Waals surface area contributed by atoms with Crippen LogP contribution in [-0.2, 0) is 0 Å². The number of aromatic nitrogens is 2. The van der Waals surface area contributed by atoms with Gasteiger partial charge in [0.15, 0.2) is 0 Å². The van der Waals surface area contributed by atoms with E-state index in [2.05, 4.69) is 19.8 Å². The number of piperazine rings is 1. The number of nitrogen functional groups attached to an aromatic ring is 1. The smallest absolute Gasteiger partial charge is 0.225 e. The number of rotatable bonds is 2. The molecule has 2 N–H and O–H groups in total. The second-order valence-corrected chi connectivity index (χ2v) is 4.73. The summed E-state index contributed by atoms with van der Waals surface area (Å²) in [6.07, 6.45) is 3.48. The number of nitrogens with zero attached hydrogens (tertiary/aromatic N) is 4. The van der Waals surface area contributed by atoms with Gasteiger partial charge in [0.25, 0.3) is 0 Å². The minimum absolute atomic E-state index is 0.185. The van der Waals surface area contributed by atoms with Gasteiger partial charge in [0.2, 0.25) is 5.95 Å².